The average molecular weight is 250 g/mol. The van der Waals surface area contributed by atoms with Gasteiger partial charge in [0.1, 0.15) is 5.82 Å². The molecular formula is C14H6F4. The summed E-state index contributed by atoms with van der Waals surface area (Å²) in [5.74, 6) is -5.10. The summed E-state index contributed by atoms with van der Waals surface area (Å²) >= 11 is 0. The summed E-state index contributed by atoms with van der Waals surface area (Å²) in [6.07, 6.45) is 0. The van der Waals surface area contributed by atoms with Crippen molar-refractivity contribution >= 4 is 21.5 Å². The largest absolute Gasteiger partial charge is 0.206 e. The van der Waals surface area contributed by atoms with Crippen molar-refractivity contribution in [3.63, 3.8) is 0 Å². The molecule has 0 aromatic heterocycles. The molecule has 18 heavy (non-hydrogen) atoms. The minimum absolute atomic E-state index is 0.246. The number of hydrogen-bond donors (Lipinski definition) is 0. The van der Waals surface area contributed by atoms with Crippen LogP contribution in [0.2, 0.25) is 0 Å². The summed E-state index contributed by atoms with van der Waals surface area (Å²) in [4.78, 5) is 0. The predicted octanol–water partition coefficient (Wildman–Crippen LogP) is 4.55. The molecule has 0 heterocycles. The van der Waals surface area contributed by atoms with Gasteiger partial charge in [-0.3, -0.25) is 0 Å². The first kappa shape index (κ1) is 11.0. The van der Waals surface area contributed by atoms with Crippen molar-refractivity contribution in [3.8, 4) is 0 Å². The smallest absolute Gasteiger partial charge is 0.195 e. The van der Waals surface area contributed by atoms with Gasteiger partial charge >= 0.3 is 0 Å². The lowest BCUT2D eigenvalue weighted by Crippen LogP contribution is -1.94. The van der Waals surface area contributed by atoms with Gasteiger partial charge in [-0.25, -0.2) is 17.6 Å². The van der Waals surface area contributed by atoms with Crippen LogP contribution in [0.25, 0.3) is 21.5 Å². The van der Waals surface area contributed by atoms with Crippen LogP contribution in [0.15, 0.2) is 36.4 Å². The summed E-state index contributed by atoms with van der Waals surface area (Å²) in [6, 6.07) is 8.35. The van der Waals surface area contributed by atoms with Gasteiger partial charge in [0, 0.05) is 16.2 Å². The summed E-state index contributed by atoms with van der Waals surface area (Å²) in [5.41, 5.74) is 0. The maximum Gasteiger partial charge on any atom is 0.195 e. The maximum absolute atomic E-state index is 14.1. The van der Waals surface area contributed by atoms with Crippen LogP contribution in [0.3, 0.4) is 0 Å². The van der Waals surface area contributed by atoms with E-state index in [9.17, 15) is 17.6 Å². The van der Waals surface area contributed by atoms with E-state index in [0.717, 1.165) is 0 Å². The molecule has 3 aromatic carbocycles. The fourth-order valence-corrected chi connectivity index (χ4v) is 2.06. The van der Waals surface area contributed by atoms with Crippen molar-refractivity contribution in [2.75, 3.05) is 0 Å². The zero-order chi connectivity index (χ0) is 12.9. The monoisotopic (exact) mass is 250 g/mol. The molecule has 0 fully saturated rings. The molecule has 90 valence electrons. The quantitative estimate of drug-likeness (QED) is 0.312. The highest BCUT2D eigenvalue weighted by atomic mass is 19.2. The second kappa shape index (κ2) is 3.70. The molecule has 4 heteroatoms. The lowest BCUT2D eigenvalue weighted by atomic mass is 10.0. The van der Waals surface area contributed by atoms with Gasteiger partial charge in [0.15, 0.2) is 17.5 Å². The third-order valence-electron chi connectivity index (χ3n) is 2.93. The minimum atomic E-state index is -1.59. The van der Waals surface area contributed by atoms with E-state index in [1.54, 1.807) is 18.2 Å². The van der Waals surface area contributed by atoms with E-state index in [-0.39, 0.29) is 16.2 Å². The minimum Gasteiger partial charge on any atom is -0.206 e. The van der Waals surface area contributed by atoms with Crippen molar-refractivity contribution in [1.82, 2.24) is 0 Å². The lowest BCUT2D eigenvalue weighted by molar-refractivity contribution is 0.453. The molecule has 0 saturated heterocycles. The Morgan fingerprint density at radius 2 is 1.28 bits per heavy atom. The Morgan fingerprint density at radius 3 is 2.06 bits per heavy atom. The third-order valence-corrected chi connectivity index (χ3v) is 2.93. The number of halogens is 4. The van der Waals surface area contributed by atoms with Gasteiger partial charge < -0.3 is 0 Å². The van der Waals surface area contributed by atoms with Crippen LogP contribution in [0, 0.1) is 23.3 Å². The van der Waals surface area contributed by atoms with E-state index in [0.29, 0.717) is 11.5 Å². The van der Waals surface area contributed by atoms with E-state index in [2.05, 4.69) is 0 Å². The van der Waals surface area contributed by atoms with E-state index >= 15 is 0 Å². The molecule has 0 bridgehead atoms. The topological polar surface area (TPSA) is 0 Å². The molecule has 3 aromatic rings. The van der Waals surface area contributed by atoms with Crippen LogP contribution in [0.4, 0.5) is 17.6 Å². The van der Waals surface area contributed by atoms with Crippen LogP contribution in [-0.2, 0) is 0 Å². The molecule has 0 saturated carbocycles. The van der Waals surface area contributed by atoms with Crippen LogP contribution in [0.5, 0.6) is 0 Å². The highest BCUT2D eigenvalue weighted by Gasteiger charge is 2.17. The molecule has 0 unspecified atom stereocenters. The fraction of sp³-hybridized carbons (Fsp3) is 0. The van der Waals surface area contributed by atoms with Crippen molar-refractivity contribution in [2.24, 2.45) is 0 Å². The van der Waals surface area contributed by atoms with Gasteiger partial charge in [-0.1, -0.05) is 24.3 Å². The summed E-state index contributed by atoms with van der Waals surface area (Å²) in [5, 5.41) is 0.165. The van der Waals surface area contributed by atoms with Gasteiger partial charge in [-0.05, 0) is 17.5 Å². The molecule has 0 radical (unpaired) electrons. The predicted molar refractivity (Wildman–Crippen MR) is 61.3 cm³/mol. The van der Waals surface area contributed by atoms with Gasteiger partial charge in [-0.15, -0.1) is 0 Å². The number of rotatable bonds is 0. The van der Waals surface area contributed by atoms with Gasteiger partial charge in [0.25, 0.3) is 0 Å². The average Bonchev–Trinajstić information content (AvgIpc) is 2.38. The second-order valence-corrected chi connectivity index (χ2v) is 3.99. The molecule has 0 aliphatic heterocycles. The van der Waals surface area contributed by atoms with Gasteiger partial charge in [-0.2, -0.15) is 0 Å². The van der Waals surface area contributed by atoms with Crippen molar-refractivity contribution < 1.29 is 17.6 Å². The first-order valence-corrected chi connectivity index (χ1v) is 5.24. The first-order valence-electron chi connectivity index (χ1n) is 5.24. The summed E-state index contributed by atoms with van der Waals surface area (Å²) in [6.45, 7) is 0. The van der Waals surface area contributed by atoms with Crippen molar-refractivity contribution in [2.45, 2.75) is 0 Å². The Labute approximate surface area is 99.5 Å². The Balaban J connectivity index is 2.60. The zero-order valence-electron chi connectivity index (χ0n) is 8.98. The maximum atomic E-state index is 14.1. The van der Waals surface area contributed by atoms with Crippen molar-refractivity contribution in [3.05, 3.63) is 59.7 Å². The molecule has 0 amide bonds. The normalized spacial score (nSPS) is 11.3. The zero-order valence-corrected chi connectivity index (χ0v) is 8.98. The number of benzene rings is 3. The van der Waals surface area contributed by atoms with Gasteiger partial charge in [0.2, 0.25) is 0 Å². The SMILES string of the molecule is Fc1cc2c(F)c3ccccc3cc2c(F)c1F. The van der Waals surface area contributed by atoms with Gasteiger partial charge in [0.05, 0.1) is 0 Å². The third kappa shape index (κ3) is 1.38. The van der Waals surface area contributed by atoms with Crippen LogP contribution in [-0.4, -0.2) is 0 Å². The van der Waals surface area contributed by atoms with Crippen molar-refractivity contribution in [1.29, 1.82) is 0 Å². The van der Waals surface area contributed by atoms with E-state index in [1.807, 2.05) is 0 Å². The van der Waals surface area contributed by atoms with E-state index < -0.39 is 23.3 Å². The first-order chi connectivity index (χ1) is 8.59. The molecule has 0 nitrogen and oxygen atoms in total. The summed E-state index contributed by atoms with van der Waals surface area (Å²) < 4.78 is 53.9. The Hall–Kier alpha value is -2.10. The van der Waals surface area contributed by atoms with Crippen LogP contribution >= 0.6 is 0 Å². The van der Waals surface area contributed by atoms with Crippen LogP contribution < -0.4 is 0 Å². The molecule has 0 spiro atoms. The second-order valence-electron chi connectivity index (χ2n) is 3.99. The van der Waals surface area contributed by atoms with E-state index in [1.165, 1.54) is 12.1 Å². The number of fused-ring (bicyclic) bond motifs is 2. The van der Waals surface area contributed by atoms with E-state index in [4.69, 9.17) is 0 Å². The summed E-state index contributed by atoms with van der Waals surface area (Å²) in [7, 11) is 0. The lowest BCUT2D eigenvalue weighted by Gasteiger charge is -2.07. The highest BCUT2D eigenvalue weighted by molar-refractivity contribution is 5.99. The molecule has 0 atom stereocenters. The molecule has 0 aliphatic carbocycles. The fourth-order valence-electron chi connectivity index (χ4n) is 2.06. The molecule has 3 rings (SSSR count). The standard InChI is InChI=1S/C14H6F4/c15-11-6-10-9(13(17)14(11)18)5-7-3-1-2-4-8(7)12(10)16/h1-6H. The molecule has 0 aliphatic rings. The molecular weight excluding hydrogens is 244 g/mol. The van der Waals surface area contributed by atoms with Crippen LogP contribution in [0.1, 0.15) is 0 Å². The Morgan fingerprint density at radius 1 is 0.611 bits per heavy atom. The number of hydrogen-bond acceptors (Lipinski definition) is 0. The highest BCUT2D eigenvalue weighted by Crippen LogP contribution is 2.30. The Kier molecular flexibility index (Phi) is 2.26. The molecule has 0 N–H and O–H groups in total. The Bertz CT molecular complexity index is 778.